The minimum atomic E-state index is -4.50. The number of nitriles is 4. The van der Waals surface area contributed by atoms with E-state index < -0.39 is 29.4 Å². The third-order valence-corrected chi connectivity index (χ3v) is 9.31. The molecule has 4 aromatic rings. The molecule has 240 valence electrons. The van der Waals surface area contributed by atoms with Crippen molar-refractivity contribution in [3.05, 3.63) is 147 Å². The number of benzene rings is 4. The number of hydrogen-bond donors (Lipinski definition) is 0. The Morgan fingerprint density at radius 3 is 1.62 bits per heavy atom. The van der Waals surface area contributed by atoms with Crippen molar-refractivity contribution < 1.29 is 26.3 Å². The van der Waals surface area contributed by atoms with E-state index in [4.69, 9.17) is 0 Å². The van der Waals surface area contributed by atoms with E-state index in [1.807, 2.05) is 42.5 Å². The Balaban J connectivity index is 1.38. The topological polar surface area (TPSA) is 95.2 Å². The normalized spacial score (nSPS) is 16.9. The third-order valence-electron chi connectivity index (χ3n) is 9.31. The molecule has 2 atom stereocenters. The van der Waals surface area contributed by atoms with Gasteiger partial charge in [0.05, 0.1) is 11.1 Å². The maximum Gasteiger partial charge on any atom is 0.416 e. The monoisotopic (exact) mass is 668 g/mol. The van der Waals surface area contributed by atoms with Gasteiger partial charge in [-0.25, -0.2) is 0 Å². The summed E-state index contributed by atoms with van der Waals surface area (Å²) in [7, 11) is 0. The first-order chi connectivity index (χ1) is 23.9. The van der Waals surface area contributed by atoms with E-state index in [0.717, 1.165) is 29.8 Å². The van der Waals surface area contributed by atoms with Gasteiger partial charge in [0.2, 0.25) is 0 Å². The molecule has 4 aromatic carbocycles. The number of fused-ring (bicyclic) bond motifs is 6. The van der Waals surface area contributed by atoms with Crippen LogP contribution >= 0.6 is 0 Å². The molecule has 3 aliphatic rings. The van der Waals surface area contributed by atoms with Crippen molar-refractivity contribution in [1.29, 1.82) is 21.0 Å². The van der Waals surface area contributed by atoms with E-state index in [-0.39, 0.29) is 17.1 Å². The molecule has 0 bridgehead atoms. The zero-order chi connectivity index (χ0) is 35.5. The quantitative estimate of drug-likeness (QED) is 0.138. The van der Waals surface area contributed by atoms with Gasteiger partial charge in [-0.15, -0.1) is 0 Å². The van der Waals surface area contributed by atoms with Gasteiger partial charge in [-0.05, 0) is 104 Å². The lowest BCUT2D eigenvalue weighted by molar-refractivity contribution is -0.138. The van der Waals surface area contributed by atoms with E-state index >= 15 is 0 Å². The molecule has 7 rings (SSSR count). The van der Waals surface area contributed by atoms with Gasteiger partial charge in [-0.2, -0.15) is 47.4 Å². The average Bonchev–Trinajstić information content (AvgIpc) is 3.59. The minimum absolute atomic E-state index is 0.150. The molecular weight excluding hydrogens is 650 g/mol. The first kappa shape index (κ1) is 32.0. The van der Waals surface area contributed by atoms with Crippen LogP contribution in [0.5, 0.6) is 0 Å². The second-order valence-electron chi connectivity index (χ2n) is 11.9. The second-order valence-corrected chi connectivity index (χ2v) is 11.9. The standard InChI is InChI=1S/C40H18F6N4/c41-39(42,43)27-7-1-21(2-8-27)23-5-11-29-31-15-32-30-12-6-24(22-3-9-28(10-4-22)40(44,45)46)14-34(30)38(26(19-49)20-50)36(32)16-35(31)37(33(29)13-23)25(17-47)18-48/h1-16,29,33H. The molecular formula is C40H18F6N4. The van der Waals surface area contributed by atoms with E-state index in [0.29, 0.717) is 61.2 Å². The van der Waals surface area contributed by atoms with Crippen LogP contribution in [0, 0.1) is 51.2 Å². The molecule has 0 aliphatic heterocycles. The average molecular weight is 669 g/mol. The van der Waals surface area contributed by atoms with Crippen LogP contribution in [0.4, 0.5) is 26.3 Å². The van der Waals surface area contributed by atoms with Crippen LogP contribution in [-0.2, 0) is 12.4 Å². The third kappa shape index (κ3) is 5.07. The molecule has 0 fully saturated rings. The van der Waals surface area contributed by atoms with Crippen LogP contribution in [0.2, 0.25) is 0 Å². The molecule has 50 heavy (non-hydrogen) atoms. The molecule has 0 radical (unpaired) electrons. The fourth-order valence-corrected chi connectivity index (χ4v) is 7.03. The SMILES string of the molecule is N#CC(C#N)=C1c2cc(-c3ccc(C(F)(F)F)cc3)ccc2-c2cc3c(cc21)C(=C(C#N)C#N)C1C=C(c2ccc(C(F)(F)F)cc2)C=CC31. The molecule has 10 heteroatoms. The highest BCUT2D eigenvalue weighted by molar-refractivity contribution is 6.06. The summed E-state index contributed by atoms with van der Waals surface area (Å²) in [5, 5.41) is 40.0. The van der Waals surface area contributed by atoms with Crippen LogP contribution in [0.25, 0.3) is 39.0 Å². The smallest absolute Gasteiger partial charge is 0.192 e. The summed E-state index contributed by atoms with van der Waals surface area (Å²) in [5.41, 5.74) is 4.79. The van der Waals surface area contributed by atoms with Crippen molar-refractivity contribution >= 4 is 16.7 Å². The number of nitrogens with zero attached hydrogens (tertiary/aromatic N) is 4. The summed E-state index contributed by atoms with van der Waals surface area (Å²) < 4.78 is 79.2. The van der Waals surface area contributed by atoms with Gasteiger partial charge >= 0.3 is 12.4 Å². The molecule has 0 saturated heterocycles. The fraction of sp³-hybridized carbons (Fsp3) is 0.100. The summed E-state index contributed by atoms with van der Waals surface area (Å²) in [6.45, 7) is 0. The lowest BCUT2D eigenvalue weighted by atomic mass is 9.81. The molecule has 0 saturated carbocycles. The van der Waals surface area contributed by atoms with Crippen molar-refractivity contribution in [3.8, 4) is 46.5 Å². The summed E-state index contributed by atoms with van der Waals surface area (Å²) in [4.78, 5) is 0. The van der Waals surface area contributed by atoms with Gasteiger partial charge in [0, 0.05) is 17.4 Å². The lowest BCUT2D eigenvalue weighted by Gasteiger charge is -2.21. The van der Waals surface area contributed by atoms with E-state index in [1.54, 1.807) is 30.3 Å². The van der Waals surface area contributed by atoms with Crippen molar-refractivity contribution in [1.82, 2.24) is 0 Å². The lowest BCUT2D eigenvalue weighted by Crippen LogP contribution is -2.08. The van der Waals surface area contributed by atoms with Crippen molar-refractivity contribution in [2.24, 2.45) is 5.92 Å². The molecule has 4 nitrogen and oxygen atoms in total. The van der Waals surface area contributed by atoms with Gasteiger partial charge in [0.1, 0.15) is 35.4 Å². The molecule has 0 amide bonds. The van der Waals surface area contributed by atoms with Gasteiger partial charge in [0.15, 0.2) is 0 Å². The highest BCUT2D eigenvalue weighted by Gasteiger charge is 2.41. The largest absolute Gasteiger partial charge is 0.416 e. The Hall–Kier alpha value is -6.62. The zero-order valence-corrected chi connectivity index (χ0v) is 25.4. The number of hydrogen-bond acceptors (Lipinski definition) is 4. The van der Waals surface area contributed by atoms with E-state index in [9.17, 15) is 47.4 Å². The summed E-state index contributed by atoms with van der Waals surface area (Å²) in [5.74, 6) is -0.848. The summed E-state index contributed by atoms with van der Waals surface area (Å²) in [6, 6.07) is 26.2. The minimum Gasteiger partial charge on any atom is -0.192 e. The molecule has 0 heterocycles. The number of halogens is 6. The summed E-state index contributed by atoms with van der Waals surface area (Å²) >= 11 is 0. The Bertz CT molecular complexity index is 2400. The first-order valence-electron chi connectivity index (χ1n) is 15.1. The van der Waals surface area contributed by atoms with Crippen LogP contribution in [0.3, 0.4) is 0 Å². The highest BCUT2D eigenvalue weighted by Crippen LogP contribution is 2.56. The molecule has 3 aliphatic carbocycles. The maximum absolute atomic E-state index is 13.2. The fourth-order valence-electron chi connectivity index (χ4n) is 7.03. The maximum atomic E-state index is 13.2. The van der Waals surface area contributed by atoms with Gasteiger partial charge < -0.3 is 0 Å². The van der Waals surface area contributed by atoms with Gasteiger partial charge in [-0.3, -0.25) is 0 Å². The van der Waals surface area contributed by atoms with Crippen LogP contribution in [-0.4, -0.2) is 0 Å². The molecule has 0 N–H and O–H groups in total. The van der Waals surface area contributed by atoms with Crippen molar-refractivity contribution in [2.75, 3.05) is 0 Å². The van der Waals surface area contributed by atoms with Crippen molar-refractivity contribution in [3.63, 3.8) is 0 Å². The van der Waals surface area contributed by atoms with Gasteiger partial charge in [0.25, 0.3) is 0 Å². The Kier molecular flexibility index (Phi) is 7.36. The summed E-state index contributed by atoms with van der Waals surface area (Å²) in [6.07, 6.45) is -3.48. The number of alkyl halides is 6. The van der Waals surface area contributed by atoms with Gasteiger partial charge in [-0.1, -0.05) is 54.6 Å². The Labute approximate surface area is 281 Å². The molecule has 0 aromatic heterocycles. The van der Waals surface area contributed by atoms with Crippen LogP contribution in [0.1, 0.15) is 44.9 Å². The second kappa shape index (κ2) is 11.5. The number of rotatable bonds is 2. The molecule has 2 unspecified atom stereocenters. The van der Waals surface area contributed by atoms with Crippen molar-refractivity contribution in [2.45, 2.75) is 18.3 Å². The first-order valence-corrected chi connectivity index (χ1v) is 15.1. The number of allylic oxidation sites excluding steroid dienone is 7. The Morgan fingerprint density at radius 1 is 0.520 bits per heavy atom. The van der Waals surface area contributed by atoms with E-state index in [1.165, 1.54) is 24.3 Å². The van der Waals surface area contributed by atoms with E-state index in [2.05, 4.69) is 0 Å². The predicted octanol–water partition coefficient (Wildman–Crippen LogP) is 10.4. The van der Waals surface area contributed by atoms with Crippen LogP contribution in [0.15, 0.2) is 108 Å². The van der Waals surface area contributed by atoms with Crippen LogP contribution < -0.4 is 0 Å². The predicted molar refractivity (Wildman–Crippen MR) is 173 cm³/mol. The highest BCUT2D eigenvalue weighted by atomic mass is 19.4. The Morgan fingerprint density at radius 2 is 1.06 bits per heavy atom. The zero-order valence-electron chi connectivity index (χ0n) is 25.4. The molecule has 0 spiro atoms.